The topological polar surface area (TPSA) is 60.4 Å². The molecule has 5 rings (SSSR count). The van der Waals surface area contributed by atoms with Crippen LogP contribution in [0.4, 0.5) is 0 Å². The van der Waals surface area contributed by atoms with Crippen molar-refractivity contribution in [1.82, 2.24) is 0 Å². The smallest absolute Gasteiger partial charge is 0.178 e. The molecule has 186 valence electrons. The Morgan fingerprint density at radius 2 is 1.69 bits per heavy atom. The Morgan fingerprint density at radius 1 is 0.944 bits per heavy atom. The van der Waals surface area contributed by atoms with E-state index in [9.17, 15) is 13.2 Å². The van der Waals surface area contributed by atoms with Crippen LogP contribution < -0.4 is 0 Å². The molecule has 6 heteroatoms. The first kappa shape index (κ1) is 24.8. The minimum absolute atomic E-state index is 0.0629. The van der Waals surface area contributed by atoms with Gasteiger partial charge in [-0.3, -0.25) is 4.79 Å². The van der Waals surface area contributed by atoms with Crippen LogP contribution in [-0.4, -0.2) is 27.1 Å². The molecule has 36 heavy (non-hydrogen) atoms. The fraction of sp³-hybridized carbons (Fsp3) is 0.300. The summed E-state index contributed by atoms with van der Waals surface area (Å²) in [6, 6.07) is 22.4. The molecule has 2 aliphatic rings. The maximum absolute atomic E-state index is 13.4. The van der Waals surface area contributed by atoms with E-state index in [0.29, 0.717) is 28.3 Å². The first-order chi connectivity index (χ1) is 17.4. The van der Waals surface area contributed by atoms with Crippen LogP contribution in [-0.2, 0) is 38.6 Å². The summed E-state index contributed by atoms with van der Waals surface area (Å²) in [7, 11) is -1.74. The molecule has 4 nitrogen and oxygen atoms in total. The van der Waals surface area contributed by atoms with Gasteiger partial charge in [0.2, 0.25) is 0 Å². The molecular weight excluding hydrogens is 492 g/mol. The van der Waals surface area contributed by atoms with Crippen molar-refractivity contribution in [2.24, 2.45) is 11.8 Å². The van der Waals surface area contributed by atoms with Crippen molar-refractivity contribution in [2.45, 2.75) is 37.0 Å². The van der Waals surface area contributed by atoms with E-state index >= 15 is 0 Å². The number of ether oxygens (including phenoxy) is 1. The van der Waals surface area contributed by atoms with Crippen LogP contribution in [0.3, 0.4) is 0 Å². The Bertz CT molecular complexity index is 1410. The van der Waals surface area contributed by atoms with Gasteiger partial charge in [-0.1, -0.05) is 60.1 Å². The second kappa shape index (κ2) is 10.2. The minimum atomic E-state index is -3.38. The molecule has 0 amide bonds. The first-order valence-corrected chi connectivity index (χ1v) is 14.3. The number of carbonyl (C=O) groups excluding carboxylic acids is 1. The molecule has 0 spiro atoms. The van der Waals surface area contributed by atoms with Crippen molar-refractivity contribution in [2.75, 3.05) is 12.9 Å². The normalized spacial score (nSPS) is 19.9. The highest BCUT2D eigenvalue weighted by Crippen LogP contribution is 2.38. The quantitative estimate of drug-likeness (QED) is 0.377. The molecule has 3 aromatic carbocycles. The van der Waals surface area contributed by atoms with Gasteiger partial charge in [0.1, 0.15) is 5.76 Å². The fourth-order valence-electron chi connectivity index (χ4n) is 5.63. The molecular formula is C30H29ClO4S. The predicted octanol–water partition coefficient (Wildman–Crippen LogP) is 6.11. The molecule has 0 saturated carbocycles. The van der Waals surface area contributed by atoms with Gasteiger partial charge in [-0.05, 0) is 78.1 Å². The average molecular weight is 521 g/mol. The van der Waals surface area contributed by atoms with Gasteiger partial charge >= 0.3 is 0 Å². The number of hydrogen-bond donors (Lipinski definition) is 0. The molecule has 0 radical (unpaired) electrons. The molecule has 0 aliphatic heterocycles. The maximum Gasteiger partial charge on any atom is 0.178 e. The number of hydrogen-bond acceptors (Lipinski definition) is 4. The van der Waals surface area contributed by atoms with E-state index in [2.05, 4.69) is 12.1 Å². The highest BCUT2D eigenvalue weighted by atomic mass is 35.5. The molecule has 2 unspecified atom stereocenters. The Kier molecular flexibility index (Phi) is 7.05. The Balaban J connectivity index is 1.31. The molecule has 2 aliphatic carbocycles. The molecule has 2 atom stereocenters. The Hall–Kier alpha value is -2.89. The highest BCUT2D eigenvalue weighted by Gasteiger charge is 2.36. The lowest BCUT2D eigenvalue weighted by Gasteiger charge is -2.27. The number of rotatable bonds is 7. The number of carbonyl (C=O) groups is 1. The van der Waals surface area contributed by atoms with Crippen LogP contribution in [0.15, 0.2) is 83.5 Å². The molecule has 0 N–H and O–H groups in total. The second-order valence-corrected chi connectivity index (χ2v) is 12.2. The van der Waals surface area contributed by atoms with Crippen LogP contribution in [0.25, 0.3) is 5.57 Å². The van der Waals surface area contributed by atoms with E-state index in [0.717, 1.165) is 30.6 Å². The van der Waals surface area contributed by atoms with Gasteiger partial charge in [0, 0.05) is 17.4 Å². The summed E-state index contributed by atoms with van der Waals surface area (Å²) in [6.07, 6.45) is 3.63. The highest BCUT2D eigenvalue weighted by molar-refractivity contribution is 7.91. The Morgan fingerprint density at radius 3 is 2.42 bits per heavy atom. The number of halogens is 1. The van der Waals surface area contributed by atoms with Gasteiger partial charge in [0.25, 0.3) is 0 Å². The van der Waals surface area contributed by atoms with Crippen LogP contribution in [0.2, 0.25) is 5.02 Å². The zero-order valence-corrected chi connectivity index (χ0v) is 21.8. The number of Topliss-reactive ketones (excluding diaryl/α,β-unsaturated/α-hetero) is 1. The van der Waals surface area contributed by atoms with Crippen molar-refractivity contribution in [3.63, 3.8) is 0 Å². The van der Waals surface area contributed by atoms with E-state index in [1.807, 2.05) is 36.4 Å². The van der Waals surface area contributed by atoms with Crippen molar-refractivity contribution in [1.29, 1.82) is 0 Å². The standard InChI is InChI=1S/C30H29ClO4S/c1-35-28-18-24(30(32)29(28)21-6-3-2-4-7-21)17-23-9-5-8-22-16-20(10-15-27(22)23)19-36(33,34)26-13-11-25(31)12-14-26/h2-9,11-14,20,24H,10,15-19H2,1H3. The largest absolute Gasteiger partial charge is 0.500 e. The third-order valence-electron chi connectivity index (χ3n) is 7.41. The summed E-state index contributed by atoms with van der Waals surface area (Å²) in [5.74, 6) is 0.936. The summed E-state index contributed by atoms with van der Waals surface area (Å²) < 4.78 is 31.6. The molecule has 0 heterocycles. The monoisotopic (exact) mass is 520 g/mol. The summed E-state index contributed by atoms with van der Waals surface area (Å²) in [5, 5.41) is 0.525. The first-order valence-electron chi connectivity index (χ1n) is 12.3. The average Bonchev–Trinajstić information content (AvgIpc) is 3.19. The van der Waals surface area contributed by atoms with E-state index in [-0.39, 0.29) is 23.4 Å². The van der Waals surface area contributed by atoms with Crippen molar-refractivity contribution < 1.29 is 17.9 Å². The van der Waals surface area contributed by atoms with Gasteiger partial charge in [-0.15, -0.1) is 0 Å². The van der Waals surface area contributed by atoms with Gasteiger partial charge in [-0.25, -0.2) is 8.42 Å². The number of sulfone groups is 1. The minimum Gasteiger partial charge on any atom is -0.500 e. The van der Waals surface area contributed by atoms with Gasteiger partial charge in [0.15, 0.2) is 15.6 Å². The summed E-state index contributed by atoms with van der Waals surface area (Å²) in [6.45, 7) is 0. The molecule has 0 aromatic heterocycles. The molecule has 3 aromatic rings. The van der Waals surface area contributed by atoms with Crippen LogP contribution in [0.5, 0.6) is 0 Å². The fourth-order valence-corrected chi connectivity index (χ4v) is 7.40. The van der Waals surface area contributed by atoms with E-state index in [4.69, 9.17) is 16.3 Å². The van der Waals surface area contributed by atoms with E-state index in [1.54, 1.807) is 31.4 Å². The van der Waals surface area contributed by atoms with E-state index < -0.39 is 9.84 Å². The summed E-state index contributed by atoms with van der Waals surface area (Å²) in [4.78, 5) is 13.7. The van der Waals surface area contributed by atoms with Gasteiger partial charge in [0.05, 0.1) is 23.3 Å². The van der Waals surface area contributed by atoms with Crippen molar-refractivity contribution in [3.05, 3.63) is 106 Å². The van der Waals surface area contributed by atoms with Crippen LogP contribution in [0.1, 0.15) is 35.1 Å². The lowest BCUT2D eigenvalue weighted by Crippen LogP contribution is -2.24. The SMILES string of the molecule is COC1=C(c2ccccc2)C(=O)C(Cc2cccc3c2CCC(CS(=O)(=O)c2ccc(Cl)cc2)C3)C1. The third kappa shape index (κ3) is 5.00. The zero-order chi connectivity index (χ0) is 25.3. The molecule has 0 bridgehead atoms. The lowest BCUT2D eigenvalue weighted by atomic mass is 9.80. The third-order valence-corrected chi connectivity index (χ3v) is 9.56. The van der Waals surface area contributed by atoms with Crippen LogP contribution >= 0.6 is 11.6 Å². The molecule has 0 fully saturated rings. The number of ketones is 1. The lowest BCUT2D eigenvalue weighted by molar-refractivity contribution is -0.116. The Labute approximate surface area is 217 Å². The van der Waals surface area contributed by atoms with Gasteiger partial charge < -0.3 is 4.74 Å². The summed E-state index contributed by atoms with van der Waals surface area (Å²) >= 11 is 5.92. The molecule has 0 saturated heterocycles. The van der Waals surface area contributed by atoms with Crippen molar-refractivity contribution >= 4 is 32.8 Å². The number of methoxy groups -OCH3 is 1. The predicted molar refractivity (Wildman–Crippen MR) is 143 cm³/mol. The second-order valence-electron chi connectivity index (χ2n) is 9.74. The maximum atomic E-state index is 13.4. The van der Waals surface area contributed by atoms with Gasteiger partial charge in [-0.2, -0.15) is 0 Å². The summed E-state index contributed by atoms with van der Waals surface area (Å²) in [5.41, 5.74) is 5.26. The van der Waals surface area contributed by atoms with E-state index in [1.165, 1.54) is 16.7 Å². The number of allylic oxidation sites excluding steroid dienone is 2. The zero-order valence-electron chi connectivity index (χ0n) is 20.2. The van der Waals surface area contributed by atoms with Crippen LogP contribution in [0, 0.1) is 11.8 Å². The number of benzene rings is 3. The number of fused-ring (bicyclic) bond motifs is 1. The van der Waals surface area contributed by atoms with Crippen molar-refractivity contribution in [3.8, 4) is 0 Å².